The number of hydrogen-bond donors (Lipinski definition) is 3. The number of aliphatic imine (C=N–C) groups is 1. The van der Waals surface area contributed by atoms with Gasteiger partial charge in [-0.1, -0.05) is 11.8 Å². The summed E-state index contributed by atoms with van der Waals surface area (Å²) < 4.78 is 0. The molecule has 0 unspecified atom stereocenters. The highest BCUT2D eigenvalue weighted by Gasteiger charge is 2.22. The molecule has 1 saturated carbocycles. The van der Waals surface area contributed by atoms with Crippen LogP contribution in [0.15, 0.2) is 4.99 Å². The average Bonchev–Trinajstić information content (AvgIpc) is 2.26. The third kappa shape index (κ3) is 5.29. The van der Waals surface area contributed by atoms with Gasteiger partial charge in [-0.25, -0.2) is 5.84 Å². The number of nitrogens with two attached hydrogens (primary N) is 1. The van der Waals surface area contributed by atoms with Crippen LogP contribution in [0.1, 0.15) is 25.7 Å². The zero-order chi connectivity index (χ0) is 12.8. The number of hydrazine groups is 1. The number of rotatable bonds is 3. The lowest BCUT2D eigenvalue weighted by atomic mass is 9.82. The maximum atomic E-state index is 9.26. The van der Waals surface area contributed by atoms with Gasteiger partial charge in [-0.05, 0) is 44.8 Å². The van der Waals surface area contributed by atoms with Crippen molar-refractivity contribution in [3.63, 3.8) is 0 Å². The van der Waals surface area contributed by atoms with E-state index in [1.807, 2.05) is 13.3 Å². The molecule has 0 atom stereocenters. The molecule has 0 saturated heterocycles. The first kappa shape index (κ1) is 14.8. The van der Waals surface area contributed by atoms with Crippen LogP contribution in [-0.4, -0.2) is 47.6 Å². The fraction of sp³-hybridized carbons (Fsp3) is 0.900. The Kier molecular flexibility index (Phi) is 6.33. The minimum atomic E-state index is -0.419. The van der Waals surface area contributed by atoms with Gasteiger partial charge in [0.1, 0.15) is 0 Å². The molecule has 0 aromatic rings. The van der Waals surface area contributed by atoms with E-state index in [4.69, 9.17) is 5.84 Å². The van der Waals surface area contributed by atoms with E-state index in [0.29, 0.717) is 12.1 Å². The lowest BCUT2D eigenvalue weighted by molar-refractivity contribution is 0.363. The average molecular weight is 258 g/mol. The molecule has 0 spiro atoms. The van der Waals surface area contributed by atoms with Crippen LogP contribution in [-0.2, 0) is 0 Å². The van der Waals surface area contributed by atoms with Gasteiger partial charge in [0.2, 0.25) is 0 Å². The second-order valence-corrected chi connectivity index (χ2v) is 5.35. The lowest BCUT2D eigenvalue weighted by Gasteiger charge is -2.28. The summed E-state index contributed by atoms with van der Waals surface area (Å²) in [6, 6.07) is 0.797. The van der Waals surface area contributed by atoms with Crippen molar-refractivity contribution in [1.82, 2.24) is 10.2 Å². The van der Waals surface area contributed by atoms with Crippen molar-refractivity contribution >= 4 is 24.0 Å². The molecule has 1 aliphatic rings. The minimum absolute atomic E-state index is 0.371. The van der Waals surface area contributed by atoms with Gasteiger partial charge >= 0.3 is 7.05 Å². The number of amidine groups is 1. The first-order chi connectivity index (χ1) is 8.02. The molecule has 0 bridgehead atoms. The summed E-state index contributed by atoms with van der Waals surface area (Å²) in [4.78, 5) is 4.66. The van der Waals surface area contributed by atoms with Crippen LogP contribution in [0.25, 0.3) is 0 Å². The summed E-state index contributed by atoms with van der Waals surface area (Å²) in [5.74, 6) is 5.69. The molecule has 0 aromatic carbocycles. The van der Waals surface area contributed by atoms with E-state index < -0.39 is 7.05 Å². The van der Waals surface area contributed by atoms with Crippen molar-refractivity contribution in [2.45, 2.75) is 44.6 Å². The number of nitrogens with zero attached hydrogens (tertiary/aromatic N) is 2. The molecule has 1 rings (SSSR count). The Morgan fingerprint density at radius 1 is 1.47 bits per heavy atom. The van der Waals surface area contributed by atoms with Gasteiger partial charge in [-0.2, -0.15) is 0 Å². The van der Waals surface area contributed by atoms with E-state index in [1.54, 1.807) is 23.6 Å². The fourth-order valence-corrected chi connectivity index (χ4v) is 2.70. The van der Waals surface area contributed by atoms with Crippen LogP contribution < -0.4 is 11.1 Å². The molecule has 0 radical (unpaired) electrons. The van der Waals surface area contributed by atoms with Crippen LogP contribution >= 0.6 is 11.8 Å². The highest BCUT2D eigenvalue weighted by atomic mass is 32.2. The topological polar surface area (TPSA) is 73.9 Å². The van der Waals surface area contributed by atoms with Gasteiger partial charge in [-0.3, -0.25) is 10.0 Å². The molecular formula is C10H23BN4OS. The highest BCUT2D eigenvalue weighted by molar-refractivity contribution is 8.13. The second kappa shape index (κ2) is 7.26. The summed E-state index contributed by atoms with van der Waals surface area (Å²) in [5, 5.41) is 14.9. The summed E-state index contributed by atoms with van der Waals surface area (Å²) in [6.45, 7) is 1.76. The van der Waals surface area contributed by atoms with Crippen LogP contribution in [0.4, 0.5) is 0 Å². The highest BCUT2D eigenvalue weighted by Crippen LogP contribution is 2.22. The Hall–Kier alpha value is -0.235. The van der Waals surface area contributed by atoms with Crippen molar-refractivity contribution in [3.8, 4) is 0 Å². The summed E-state index contributed by atoms with van der Waals surface area (Å²) in [5.41, 5.74) is 0. The Morgan fingerprint density at radius 2 is 2.06 bits per heavy atom. The molecule has 0 aromatic heterocycles. The van der Waals surface area contributed by atoms with Crippen molar-refractivity contribution in [3.05, 3.63) is 0 Å². The predicted octanol–water partition coefficient (Wildman–Crippen LogP) is 0.522. The summed E-state index contributed by atoms with van der Waals surface area (Å²) in [6.07, 6.45) is 6.23. The van der Waals surface area contributed by atoms with Gasteiger partial charge in [0, 0.05) is 7.05 Å². The maximum Gasteiger partial charge on any atom is 0.373 e. The predicted molar refractivity (Wildman–Crippen MR) is 75.9 cm³/mol. The molecule has 4 N–H and O–H groups in total. The van der Waals surface area contributed by atoms with Crippen LogP contribution in [0.2, 0.25) is 6.82 Å². The third-order valence-electron chi connectivity index (χ3n) is 2.95. The Morgan fingerprint density at radius 3 is 2.47 bits per heavy atom. The van der Waals surface area contributed by atoms with Crippen molar-refractivity contribution in [2.75, 3.05) is 13.3 Å². The van der Waals surface area contributed by atoms with Crippen molar-refractivity contribution in [1.29, 1.82) is 0 Å². The first-order valence-electron chi connectivity index (χ1n) is 6.07. The summed E-state index contributed by atoms with van der Waals surface area (Å²) in [7, 11) is 1.40. The quantitative estimate of drug-likeness (QED) is 0.226. The number of hydrogen-bond acceptors (Lipinski definition) is 5. The van der Waals surface area contributed by atoms with Crippen molar-refractivity contribution in [2.24, 2.45) is 10.8 Å². The minimum Gasteiger partial charge on any atom is -0.437 e. The molecule has 0 aliphatic heterocycles. The molecule has 0 heterocycles. The Bertz CT molecular complexity index is 255. The third-order valence-corrected chi connectivity index (χ3v) is 3.71. The smallest absolute Gasteiger partial charge is 0.373 e. The molecule has 0 amide bonds. The molecule has 1 aliphatic carbocycles. The standard InChI is InChI=1S/C10H23BN4OS/c1-11(16)14-9-6-4-8(5-7-9)13-10(17-3)15(2)12/h8-9,14,16H,4-7,12H2,1-3H3/b13-10-. The van der Waals surface area contributed by atoms with E-state index in [2.05, 4.69) is 10.2 Å². The van der Waals surface area contributed by atoms with Gasteiger partial charge < -0.3 is 10.3 Å². The first-order valence-corrected chi connectivity index (χ1v) is 7.29. The zero-order valence-corrected chi connectivity index (χ0v) is 11.7. The molecule has 7 heteroatoms. The lowest BCUT2D eigenvalue weighted by Crippen LogP contribution is -2.42. The fourth-order valence-electron chi connectivity index (χ4n) is 2.16. The van der Waals surface area contributed by atoms with Crippen molar-refractivity contribution < 1.29 is 5.02 Å². The van der Waals surface area contributed by atoms with Crippen LogP contribution in [0.3, 0.4) is 0 Å². The largest absolute Gasteiger partial charge is 0.437 e. The monoisotopic (exact) mass is 258 g/mol. The normalized spacial score (nSPS) is 25.8. The van der Waals surface area contributed by atoms with E-state index in [9.17, 15) is 5.02 Å². The second-order valence-electron chi connectivity index (χ2n) is 4.57. The number of nitrogens with one attached hydrogen (secondary N) is 1. The van der Waals surface area contributed by atoms with Gasteiger partial charge in [-0.15, -0.1) is 0 Å². The van der Waals surface area contributed by atoms with E-state index in [-0.39, 0.29) is 0 Å². The Balaban J connectivity index is 2.41. The Labute approximate surface area is 108 Å². The van der Waals surface area contributed by atoms with E-state index in [1.165, 1.54) is 0 Å². The molecule has 5 nitrogen and oxygen atoms in total. The maximum absolute atomic E-state index is 9.26. The number of thioether (sulfide) groups is 1. The van der Waals surface area contributed by atoms with E-state index in [0.717, 1.165) is 30.9 Å². The van der Waals surface area contributed by atoms with Crippen LogP contribution in [0, 0.1) is 0 Å². The summed E-state index contributed by atoms with van der Waals surface area (Å²) >= 11 is 1.58. The molecule has 98 valence electrons. The van der Waals surface area contributed by atoms with Gasteiger partial charge in [0.05, 0.1) is 6.04 Å². The zero-order valence-electron chi connectivity index (χ0n) is 10.9. The van der Waals surface area contributed by atoms with E-state index >= 15 is 0 Å². The molecular weight excluding hydrogens is 235 g/mol. The van der Waals surface area contributed by atoms with Crippen LogP contribution in [0.5, 0.6) is 0 Å². The SMILES string of the molecule is CS/C(=N\C1CCC(NB(C)O)CC1)N(C)N. The molecule has 1 fully saturated rings. The molecule has 17 heavy (non-hydrogen) atoms. The van der Waals surface area contributed by atoms with Gasteiger partial charge in [0.15, 0.2) is 5.17 Å². The van der Waals surface area contributed by atoms with Gasteiger partial charge in [0.25, 0.3) is 0 Å².